The van der Waals surface area contributed by atoms with Gasteiger partial charge in [-0.1, -0.05) is 13.3 Å². The van der Waals surface area contributed by atoms with Gasteiger partial charge in [0.25, 0.3) is 5.91 Å². The molecular formula is C16H20N2O3S2. The molecular weight excluding hydrogens is 332 g/mol. The first-order valence-corrected chi connectivity index (χ1v) is 9.32. The second-order valence-electron chi connectivity index (χ2n) is 5.25. The van der Waals surface area contributed by atoms with Gasteiger partial charge in [0, 0.05) is 22.4 Å². The molecule has 1 amide bonds. The summed E-state index contributed by atoms with van der Waals surface area (Å²) in [7, 11) is 0. The van der Waals surface area contributed by atoms with Crippen LogP contribution in [0.15, 0.2) is 22.2 Å². The summed E-state index contributed by atoms with van der Waals surface area (Å²) in [6.07, 6.45) is 1.99. The molecule has 124 valence electrons. The van der Waals surface area contributed by atoms with Crippen LogP contribution in [0.1, 0.15) is 32.4 Å². The first-order valence-electron chi connectivity index (χ1n) is 7.50. The molecule has 0 saturated carbocycles. The number of amides is 1. The lowest BCUT2D eigenvalue weighted by atomic mass is 10.2. The van der Waals surface area contributed by atoms with Gasteiger partial charge in [0.2, 0.25) is 0 Å². The van der Waals surface area contributed by atoms with Gasteiger partial charge in [-0.25, -0.2) is 4.98 Å². The molecule has 0 saturated heterocycles. The van der Waals surface area contributed by atoms with Crippen molar-refractivity contribution in [3.8, 4) is 10.6 Å². The molecule has 23 heavy (non-hydrogen) atoms. The van der Waals surface area contributed by atoms with Crippen molar-refractivity contribution in [2.24, 2.45) is 0 Å². The number of hydrogen-bond donors (Lipinski definition) is 1. The fourth-order valence-corrected chi connectivity index (χ4v) is 3.61. The molecule has 2 rings (SSSR count). The Balaban J connectivity index is 1.76. The second-order valence-corrected chi connectivity index (χ2v) is 6.89. The van der Waals surface area contributed by atoms with Gasteiger partial charge in [0.1, 0.15) is 5.01 Å². The van der Waals surface area contributed by atoms with Gasteiger partial charge in [-0.15, -0.1) is 11.3 Å². The molecule has 1 atom stereocenters. The van der Waals surface area contributed by atoms with Crippen LogP contribution in [-0.4, -0.2) is 29.5 Å². The lowest BCUT2D eigenvalue weighted by Gasteiger charge is -2.12. The van der Waals surface area contributed by atoms with Gasteiger partial charge in [-0.3, -0.25) is 9.59 Å². The molecule has 5 nitrogen and oxygen atoms in total. The van der Waals surface area contributed by atoms with E-state index in [0.29, 0.717) is 5.69 Å². The molecule has 0 aromatic carbocycles. The molecule has 1 N–H and O–H groups in total. The van der Waals surface area contributed by atoms with Crippen LogP contribution in [0.3, 0.4) is 0 Å². The van der Waals surface area contributed by atoms with E-state index < -0.39 is 5.97 Å². The first kappa shape index (κ1) is 17.6. The van der Waals surface area contributed by atoms with Crippen LogP contribution in [0.25, 0.3) is 10.6 Å². The van der Waals surface area contributed by atoms with E-state index in [0.717, 1.165) is 23.4 Å². The normalized spacial score (nSPS) is 11.9. The lowest BCUT2D eigenvalue weighted by molar-refractivity contribution is -0.148. The van der Waals surface area contributed by atoms with Crippen LogP contribution in [-0.2, 0) is 20.7 Å². The summed E-state index contributed by atoms with van der Waals surface area (Å²) in [5.41, 5.74) is 1.73. The topological polar surface area (TPSA) is 68.3 Å². The number of carbonyl (C=O) groups is 2. The van der Waals surface area contributed by atoms with Crippen LogP contribution >= 0.6 is 22.7 Å². The monoisotopic (exact) mass is 352 g/mol. The Morgan fingerprint density at radius 2 is 2.22 bits per heavy atom. The zero-order valence-corrected chi connectivity index (χ0v) is 14.8. The van der Waals surface area contributed by atoms with Gasteiger partial charge >= 0.3 is 5.97 Å². The number of thiophene rings is 1. The van der Waals surface area contributed by atoms with Crippen molar-refractivity contribution in [1.82, 2.24) is 10.3 Å². The van der Waals surface area contributed by atoms with Crippen LogP contribution in [0.5, 0.6) is 0 Å². The minimum absolute atomic E-state index is 0.0818. The Bertz CT molecular complexity index is 638. The zero-order valence-electron chi connectivity index (χ0n) is 13.2. The number of thiazole rings is 1. The number of nitrogens with one attached hydrogen (secondary N) is 1. The number of aromatic nitrogens is 1. The molecule has 7 heteroatoms. The Labute approximate surface area is 143 Å². The Kier molecular flexibility index (Phi) is 6.73. The average molecular weight is 352 g/mol. The van der Waals surface area contributed by atoms with Gasteiger partial charge in [-0.2, -0.15) is 11.3 Å². The molecule has 0 unspecified atom stereocenters. The highest BCUT2D eigenvalue weighted by atomic mass is 32.1. The van der Waals surface area contributed by atoms with Crippen molar-refractivity contribution in [2.45, 2.75) is 39.2 Å². The summed E-state index contributed by atoms with van der Waals surface area (Å²) in [4.78, 5) is 27.8. The molecule has 0 aliphatic heterocycles. The van der Waals surface area contributed by atoms with Crippen LogP contribution < -0.4 is 5.32 Å². The standard InChI is InChI=1S/C16H20N2O3S2/c1-3-4-11(2)17-14(19)8-21-15(20)7-13-10-23-16(18-13)12-5-6-22-9-12/h5-6,9-11H,3-4,7-8H2,1-2H3,(H,17,19)/t11-/m0/s1. The second kappa shape index (κ2) is 8.79. The molecule has 0 fully saturated rings. The fourth-order valence-electron chi connectivity index (χ4n) is 2.07. The van der Waals surface area contributed by atoms with E-state index in [4.69, 9.17) is 4.74 Å². The molecule has 0 bridgehead atoms. The van der Waals surface area contributed by atoms with Crippen LogP contribution in [0.4, 0.5) is 0 Å². The van der Waals surface area contributed by atoms with E-state index >= 15 is 0 Å². The summed E-state index contributed by atoms with van der Waals surface area (Å²) >= 11 is 3.10. The van der Waals surface area contributed by atoms with E-state index in [-0.39, 0.29) is 25.0 Å². The maximum Gasteiger partial charge on any atom is 0.312 e. The summed E-state index contributed by atoms with van der Waals surface area (Å²) in [5.74, 6) is -0.706. The van der Waals surface area contributed by atoms with Crippen molar-refractivity contribution in [1.29, 1.82) is 0 Å². The third kappa shape index (κ3) is 5.76. The summed E-state index contributed by atoms with van der Waals surface area (Å²) in [6.45, 7) is 3.75. The van der Waals surface area contributed by atoms with Crippen LogP contribution in [0, 0.1) is 0 Å². The molecule has 0 radical (unpaired) electrons. The predicted octanol–water partition coefficient (Wildman–Crippen LogP) is 3.26. The first-order chi connectivity index (χ1) is 11.1. The van der Waals surface area contributed by atoms with E-state index in [1.165, 1.54) is 11.3 Å². The number of nitrogens with zero attached hydrogens (tertiary/aromatic N) is 1. The van der Waals surface area contributed by atoms with Crippen LogP contribution in [0.2, 0.25) is 0 Å². The zero-order chi connectivity index (χ0) is 16.7. The summed E-state index contributed by atoms with van der Waals surface area (Å²) in [6, 6.07) is 2.09. The largest absolute Gasteiger partial charge is 0.455 e. The molecule has 0 aliphatic carbocycles. The van der Waals surface area contributed by atoms with E-state index in [9.17, 15) is 9.59 Å². The molecule has 0 spiro atoms. The lowest BCUT2D eigenvalue weighted by Crippen LogP contribution is -2.35. The number of esters is 1. The molecule has 2 aromatic heterocycles. The number of hydrogen-bond acceptors (Lipinski definition) is 6. The highest BCUT2D eigenvalue weighted by Crippen LogP contribution is 2.25. The highest BCUT2D eigenvalue weighted by molar-refractivity contribution is 7.14. The third-order valence-electron chi connectivity index (χ3n) is 3.14. The minimum Gasteiger partial charge on any atom is -0.455 e. The van der Waals surface area contributed by atoms with E-state index in [1.54, 1.807) is 11.3 Å². The molecule has 2 heterocycles. The summed E-state index contributed by atoms with van der Waals surface area (Å²) < 4.78 is 5.00. The van der Waals surface area contributed by atoms with Crippen molar-refractivity contribution in [2.75, 3.05) is 6.61 Å². The smallest absolute Gasteiger partial charge is 0.312 e. The Morgan fingerprint density at radius 1 is 1.39 bits per heavy atom. The highest BCUT2D eigenvalue weighted by Gasteiger charge is 2.13. The van der Waals surface area contributed by atoms with Gasteiger partial charge in [-0.05, 0) is 24.8 Å². The van der Waals surface area contributed by atoms with Crippen molar-refractivity contribution < 1.29 is 14.3 Å². The SMILES string of the molecule is CCC[C@H](C)NC(=O)COC(=O)Cc1csc(-c2ccsc2)n1. The fraction of sp³-hybridized carbons (Fsp3) is 0.438. The Hall–Kier alpha value is -1.73. The summed E-state index contributed by atoms with van der Waals surface area (Å²) in [5, 5.41) is 9.53. The van der Waals surface area contributed by atoms with Gasteiger partial charge in [0.15, 0.2) is 6.61 Å². The van der Waals surface area contributed by atoms with E-state index in [2.05, 4.69) is 17.2 Å². The molecule has 0 aliphatic rings. The number of ether oxygens (including phenoxy) is 1. The van der Waals surface area contributed by atoms with Gasteiger partial charge in [0.05, 0.1) is 12.1 Å². The number of carbonyl (C=O) groups excluding carboxylic acids is 2. The third-order valence-corrected chi connectivity index (χ3v) is 4.76. The molecule has 2 aromatic rings. The quantitative estimate of drug-likeness (QED) is 0.741. The van der Waals surface area contributed by atoms with E-state index in [1.807, 2.05) is 29.1 Å². The van der Waals surface area contributed by atoms with Gasteiger partial charge < -0.3 is 10.1 Å². The number of rotatable bonds is 8. The predicted molar refractivity (Wildman–Crippen MR) is 92.6 cm³/mol. The maximum absolute atomic E-state index is 11.8. The van der Waals surface area contributed by atoms with Crippen molar-refractivity contribution in [3.63, 3.8) is 0 Å². The average Bonchev–Trinajstić information content (AvgIpc) is 3.16. The Morgan fingerprint density at radius 3 is 2.91 bits per heavy atom. The maximum atomic E-state index is 11.8. The van der Waals surface area contributed by atoms with Crippen molar-refractivity contribution in [3.05, 3.63) is 27.9 Å². The minimum atomic E-state index is -0.439. The van der Waals surface area contributed by atoms with Crippen molar-refractivity contribution >= 4 is 34.6 Å².